The Morgan fingerprint density at radius 2 is 2.00 bits per heavy atom. The molecule has 0 radical (unpaired) electrons. The average molecular weight is 171 g/mol. The maximum atomic E-state index is 13.0. The van der Waals surface area contributed by atoms with E-state index in [9.17, 15) is 8.78 Å². The molecule has 2 N–H and O–H groups in total. The molecule has 64 valence electrons. The fourth-order valence-corrected chi connectivity index (χ4v) is 1.30. The molecule has 0 saturated heterocycles. The smallest absolute Gasteiger partial charge is 0.165 e. The lowest BCUT2D eigenvalue weighted by molar-refractivity contribution is 0.319. The molecule has 1 heterocycles. The van der Waals surface area contributed by atoms with E-state index in [0.717, 1.165) is 12.1 Å². The fourth-order valence-electron chi connectivity index (χ4n) is 1.30. The third kappa shape index (κ3) is 0.881. The maximum Gasteiger partial charge on any atom is 0.165 e. The van der Waals surface area contributed by atoms with Crippen molar-refractivity contribution in [3.63, 3.8) is 0 Å². The molecule has 0 saturated carbocycles. The van der Waals surface area contributed by atoms with E-state index in [0.29, 0.717) is 0 Å². The number of hydrogen-bond acceptors (Lipinski definition) is 2. The van der Waals surface area contributed by atoms with Crippen molar-refractivity contribution in [3.8, 4) is 5.75 Å². The van der Waals surface area contributed by atoms with Crippen molar-refractivity contribution >= 4 is 0 Å². The van der Waals surface area contributed by atoms with Crippen LogP contribution in [-0.4, -0.2) is 6.61 Å². The second kappa shape index (κ2) is 2.42. The highest BCUT2D eigenvalue weighted by molar-refractivity contribution is 5.41. The molecular weight excluding hydrogens is 164 g/mol. The summed E-state index contributed by atoms with van der Waals surface area (Å²) in [5.74, 6) is -1.10. The van der Waals surface area contributed by atoms with Crippen LogP contribution in [0.25, 0.3) is 0 Å². The second-order valence-electron chi connectivity index (χ2n) is 2.69. The van der Waals surface area contributed by atoms with Gasteiger partial charge in [-0.25, -0.2) is 8.78 Å². The molecule has 2 nitrogen and oxygen atoms in total. The first-order valence-corrected chi connectivity index (χ1v) is 3.56. The Bertz CT molecular complexity index is 327. The predicted molar refractivity (Wildman–Crippen MR) is 38.8 cm³/mol. The van der Waals surface area contributed by atoms with Crippen molar-refractivity contribution in [3.05, 3.63) is 29.3 Å². The van der Waals surface area contributed by atoms with Crippen LogP contribution in [0, 0.1) is 11.6 Å². The van der Waals surface area contributed by atoms with Crippen LogP contribution in [0.5, 0.6) is 5.75 Å². The van der Waals surface area contributed by atoms with Gasteiger partial charge in [0.1, 0.15) is 12.4 Å². The van der Waals surface area contributed by atoms with Crippen LogP contribution in [0.4, 0.5) is 8.78 Å². The van der Waals surface area contributed by atoms with Crippen LogP contribution in [0.2, 0.25) is 0 Å². The minimum Gasteiger partial charge on any atom is -0.488 e. The summed E-state index contributed by atoms with van der Waals surface area (Å²) < 4.78 is 30.8. The lowest BCUT2D eigenvalue weighted by Crippen LogP contribution is -2.11. The normalized spacial score (nSPS) is 20.4. The van der Waals surface area contributed by atoms with Gasteiger partial charge in [-0.3, -0.25) is 0 Å². The highest BCUT2D eigenvalue weighted by Crippen LogP contribution is 2.35. The molecular formula is C8H7F2NO. The Morgan fingerprint density at radius 3 is 2.67 bits per heavy atom. The van der Waals surface area contributed by atoms with Gasteiger partial charge in [0.05, 0.1) is 11.6 Å². The molecule has 1 aliphatic heterocycles. The highest BCUT2D eigenvalue weighted by atomic mass is 19.1. The van der Waals surface area contributed by atoms with Crippen molar-refractivity contribution in [2.24, 2.45) is 5.73 Å². The van der Waals surface area contributed by atoms with Gasteiger partial charge in [-0.2, -0.15) is 0 Å². The van der Waals surface area contributed by atoms with Gasteiger partial charge in [0, 0.05) is 0 Å². The van der Waals surface area contributed by atoms with Crippen LogP contribution in [0.3, 0.4) is 0 Å². The molecule has 4 heteroatoms. The maximum absolute atomic E-state index is 13.0. The largest absolute Gasteiger partial charge is 0.488 e. The van der Waals surface area contributed by atoms with E-state index in [-0.39, 0.29) is 17.9 Å². The van der Waals surface area contributed by atoms with Gasteiger partial charge in [0.25, 0.3) is 0 Å². The molecule has 1 aliphatic rings. The summed E-state index contributed by atoms with van der Waals surface area (Å²) in [4.78, 5) is 0. The van der Waals surface area contributed by atoms with Gasteiger partial charge in [0.15, 0.2) is 11.6 Å². The third-order valence-corrected chi connectivity index (χ3v) is 1.87. The Balaban J connectivity index is 2.64. The van der Waals surface area contributed by atoms with Crippen molar-refractivity contribution in [2.45, 2.75) is 6.04 Å². The predicted octanol–water partition coefficient (Wildman–Crippen LogP) is 1.36. The van der Waals surface area contributed by atoms with Crippen LogP contribution >= 0.6 is 0 Å². The average Bonchev–Trinajstić information content (AvgIpc) is 2.42. The van der Waals surface area contributed by atoms with E-state index >= 15 is 0 Å². The molecule has 1 aromatic carbocycles. The monoisotopic (exact) mass is 171 g/mol. The van der Waals surface area contributed by atoms with E-state index < -0.39 is 17.7 Å². The zero-order valence-electron chi connectivity index (χ0n) is 6.18. The molecule has 2 rings (SSSR count). The van der Waals surface area contributed by atoms with E-state index in [2.05, 4.69) is 0 Å². The summed E-state index contributed by atoms with van der Waals surface area (Å²) in [6.45, 7) is 0.146. The van der Waals surface area contributed by atoms with Gasteiger partial charge >= 0.3 is 0 Å². The molecule has 0 bridgehead atoms. The van der Waals surface area contributed by atoms with Gasteiger partial charge in [-0.1, -0.05) is 0 Å². The SMILES string of the molecule is N[C@@H]1COc2c(F)ccc(F)c21. The van der Waals surface area contributed by atoms with Gasteiger partial charge in [-0.05, 0) is 12.1 Å². The summed E-state index contributed by atoms with van der Waals surface area (Å²) in [5.41, 5.74) is 5.63. The van der Waals surface area contributed by atoms with E-state index in [1.165, 1.54) is 0 Å². The quantitative estimate of drug-likeness (QED) is 0.639. The molecule has 1 atom stereocenters. The van der Waals surface area contributed by atoms with E-state index in [1.54, 1.807) is 0 Å². The minimum absolute atomic E-state index is 0.0394. The standard InChI is InChI=1S/C8H7F2NO/c9-4-1-2-5(10)8-7(4)6(11)3-12-8/h1-2,6H,3,11H2/t6-/m1/s1. The molecule has 0 fully saturated rings. The highest BCUT2D eigenvalue weighted by Gasteiger charge is 2.27. The lowest BCUT2D eigenvalue weighted by Gasteiger charge is -2.01. The number of fused-ring (bicyclic) bond motifs is 1. The molecule has 0 amide bonds. The molecule has 0 unspecified atom stereocenters. The van der Waals surface area contributed by atoms with E-state index in [4.69, 9.17) is 10.5 Å². The number of benzene rings is 1. The van der Waals surface area contributed by atoms with Crippen molar-refractivity contribution in [2.75, 3.05) is 6.61 Å². The van der Waals surface area contributed by atoms with Gasteiger partial charge < -0.3 is 10.5 Å². The molecule has 0 spiro atoms. The zero-order chi connectivity index (χ0) is 8.72. The second-order valence-corrected chi connectivity index (χ2v) is 2.69. The van der Waals surface area contributed by atoms with E-state index in [1.807, 2.05) is 0 Å². The Hall–Kier alpha value is -1.16. The van der Waals surface area contributed by atoms with Crippen molar-refractivity contribution in [1.82, 2.24) is 0 Å². The number of nitrogens with two attached hydrogens (primary N) is 1. The van der Waals surface area contributed by atoms with Gasteiger partial charge in [0.2, 0.25) is 0 Å². The summed E-state index contributed by atoms with van der Waals surface area (Å²) >= 11 is 0. The summed E-state index contributed by atoms with van der Waals surface area (Å²) in [6.07, 6.45) is 0. The first-order chi connectivity index (χ1) is 5.70. The molecule has 1 aromatic rings. The number of rotatable bonds is 0. The molecule has 0 aromatic heterocycles. The molecule has 0 aliphatic carbocycles. The Kier molecular flexibility index (Phi) is 1.51. The summed E-state index contributed by atoms with van der Waals surface area (Å²) in [5, 5.41) is 0. The third-order valence-electron chi connectivity index (χ3n) is 1.87. The molecule has 12 heavy (non-hydrogen) atoms. The summed E-state index contributed by atoms with van der Waals surface area (Å²) in [6, 6.07) is 1.55. The number of halogens is 2. The number of ether oxygens (including phenoxy) is 1. The summed E-state index contributed by atoms with van der Waals surface area (Å²) in [7, 11) is 0. The van der Waals surface area contributed by atoms with Crippen LogP contribution < -0.4 is 10.5 Å². The van der Waals surface area contributed by atoms with Crippen LogP contribution in [0.1, 0.15) is 11.6 Å². The van der Waals surface area contributed by atoms with Crippen LogP contribution in [0.15, 0.2) is 12.1 Å². The zero-order valence-corrected chi connectivity index (χ0v) is 6.18. The van der Waals surface area contributed by atoms with Crippen molar-refractivity contribution < 1.29 is 13.5 Å². The van der Waals surface area contributed by atoms with Crippen molar-refractivity contribution in [1.29, 1.82) is 0 Å². The lowest BCUT2D eigenvalue weighted by atomic mass is 10.1. The first kappa shape index (κ1) is 7.49. The fraction of sp³-hybridized carbons (Fsp3) is 0.250. The van der Waals surface area contributed by atoms with Gasteiger partial charge in [-0.15, -0.1) is 0 Å². The van der Waals surface area contributed by atoms with Crippen LogP contribution in [-0.2, 0) is 0 Å². The topological polar surface area (TPSA) is 35.2 Å². The first-order valence-electron chi connectivity index (χ1n) is 3.56. The Labute approximate surface area is 67.9 Å². The Morgan fingerprint density at radius 1 is 1.33 bits per heavy atom. The number of hydrogen-bond donors (Lipinski definition) is 1. The minimum atomic E-state index is -0.556.